The van der Waals surface area contributed by atoms with E-state index in [9.17, 15) is 0 Å². The largest absolute Gasteiger partial charge is 0.452 e. The Morgan fingerprint density at radius 3 is 1.22 bits per heavy atom. The lowest BCUT2D eigenvalue weighted by Gasteiger charge is -2.33. The Labute approximate surface area is 321 Å². The molecule has 0 fully saturated rings. The quantitative estimate of drug-likeness (QED) is 0.157. The van der Waals surface area contributed by atoms with E-state index < -0.39 is 0 Å². The molecule has 0 saturated carbocycles. The first-order chi connectivity index (χ1) is 27.3. The molecule has 1 aliphatic rings. The van der Waals surface area contributed by atoms with Crippen molar-refractivity contribution in [2.75, 3.05) is 9.80 Å². The molecule has 0 radical (unpaired) electrons. The number of para-hydroxylation sites is 3. The van der Waals surface area contributed by atoms with Crippen LogP contribution in [0.1, 0.15) is 0 Å². The minimum Gasteiger partial charge on any atom is -0.452 e. The van der Waals surface area contributed by atoms with Crippen molar-refractivity contribution in [2.24, 2.45) is 0 Å². The van der Waals surface area contributed by atoms with E-state index in [0.29, 0.717) is 0 Å². The van der Waals surface area contributed by atoms with Crippen LogP contribution in [0.4, 0.5) is 34.1 Å². The lowest BCUT2D eigenvalue weighted by atomic mass is 9.93. The monoisotopic (exact) mass is 704 g/mol. The summed E-state index contributed by atoms with van der Waals surface area (Å²) < 4.78 is 7.36. The van der Waals surface area contributed by atoms with Crippen molar-refractivity contribution >= 4 is 44.9 Å². The normalized spacial score (nSPS) is 11.4. The van der Waals surface area contributed by atoms with Gasteiger partial charge in [-0.05, 0) is 93.9 Å². The van der Waals surface area contributed by atoms with Gasteiger partial charge in [0.15, 0.2) is 11.5 Å². The lowest BCUT2D eigenvalue weighted by molar-refractivity contribution is 0.489. The number of ether oxygens (including phenoxy) is 1. The van der Waals surface area contributed by atoms with Gasteiger partial charge >= 0.3 is 0 Å². The van der Waals surface area contributed by atoms with E-state index in [2.05, 4.69) is 228 Å². The van der Waals surface area contributed by atoms with Crippen molar-refractivity contribution < 1.29 is 4.74 Å². The fraction of sp³-hybridized carbons (Fsp3) is 0. The third kappa shape index (κ3) is 5.89. The van der Waals surface area contributed by atoms with E-state index in [1.54, 1.807) is 0 Å². The van der Waals surface area contributed by atoms with Crippen molar-refractivity contribution in [3.05, 3.63) is 218 Å². The van der Waals surface area contributed by atoms with Crippen LogP contribution in [0.5, 0.6) is 11.5 Å². The number of hydrogen-bond donors (Lipinski definition) is 0. The number of rotatable bonds is 8. The highest BCUT2D eigenvalue weighted by atomic mass is 16.5. The Morgan fingerprint density at radius 2 is 0.691 bits per heavy atom. The Kier molecular flexibility index (Phi) is 8.16. The maximum atomic E-state index is 7.36. The summed E-state index contributed by atoms with van der Waals surface area (Å²) in [5, 5.41) is 2.23. The van der Waals surface area contributed by atoms with E-state index in [1.165, 1.54) is 22.3 Å². The third-order valence-corrected chi connectivity index (χ3v) is 10.4. The predicted octanol–water partition coefficient (Wildman–Crippen LogP) is 14.9. The molecule has 3 nitrogen and oxygen atoms in total. The maximum Gasteiger partial charge on any atom is 0.160 e. The molecule has 55 heavy (non-hydrogen) atoms. The standard InChI is InChI=1S/C52H36N2O/c1-5-15-37(16-6-1)39-27-32-44(33-28-39)54(45-34-29-40(30-35-45)38-17-7-2-8-18-38)49-36-31-41-19-13-24-46-47-25-14-26-48(51(47)55-52(49)50(41)46)53(42-20-9-3-10-21-42)43-22-11-4-12-23-43/h1-36H. The number of nitrogens with zero attached hydrogens (tertiary/aromatic N) is 2. The summed E-state index contributed by atoms with van der Waals surface area (Å²) in [5.41, 5.74) is 13.1. The first-order valence-corrected chi connectivity index (χ1v) is 18.7. The Hall–Kier alpha value is -7.36. The predicted molar refractivity (Wildman–Crippen MR) is 230 cm³/mol. The Bertz CT molecular complexity index is 2630. The second-order valence-electron chi connectivity index (χ2n) is 13.7. The zero-order valence-corrected chi connectivity index (χ0v) is 30.1. The van der Waals surface area contributed by atoms with E-state index >= 15 is 0 Å². The molecule has 0 aliphatic carbocycles. The van der Waals surface area contributed by atoms with Gasteiger partial charge in [0.2, 0.25) is 0 Å². The molecule has 260 valence electrons. The van der Waals surface area contributed by atoms with E-state index in [1.807, 2.05) is 0 Å². The summed E-state index contributed by atoms with van der Waals surface area (Å²) in [6.45, 7) is 0. The molecule has 9 aromatic rings. The fourth-order valence-electron chi connectivity index (χ4n) is 7.84. The average molecular weight is 705 g/mol. The average Bonchev–Trinajstić information content (AvgIpc) is 3.27. The molecule has 1 heterocycles. The van der Waals surface area contributed by atoms with Gasteiger partial charge in [-0.1, -0.05) is 158 Å². The SMILES string of the molecule is c1ccc(-c2ccc(N(c3ccc(-c4ccccc4)cc3)c3ccc4cccc5c4c3Oc3c-5cccc3N(c3ccccc3)c3ccccc3)cc2)cc1. The van der Waals surface area contributed by atoms with Crippen molar-refractivity contribution in [3.63, 3.8) is 0 Å². The molecule has 0 amide bonds. The van der Waals surface area contributed by atoms with Gasteiger partial charge in [-0.15, -0.1) is 0 Å². The molecule has 0 bridgehead atoms. The molecule has 9 aromatic carbocycles. The molecule has 0 unspecified atom stereocenters. The first kappa shape index (κ1) is 32.3. The van der Waals surface area contributed by atoms with Crippen LogP contribution in [-0.4, -0.2) is 0 Å². The molecule has 10 rings (SSSR count). The zero-order chi connectivity index (χ0) is 36.6. The van der Waals surface area contributed by atoms with Crippen LogP contribution < -0.4 is 14.5 Å². The summed E-state index contributed by atoms with van der Waals surface area (Å²) in [6.07, 6.45) is 0. The number of hydrogen-bond acceptors (Lipinski definition) is 3. The smallest absolute Gasteiger partial charge is 0.160 e. The minimum absolute atomic E-state index is 0.821. The van der Waals surface area contributed by atoms with Crippen LogP contribution in [0.3, 0.4) is 0 Å². The van der Waals surface area contributed by atoms with Crippen molar-refractivity contribution in [3.8, 4) is 44.9 Å². The van der Waals surface area contributed by atoms with Gasteiger partial charge in [-0.3, -0.25) is 0 Å². The summed E-state index contributed by atoms with van der Waals surface area (Å²) in [6, 6.07) is 77.3. The van der Waals surface area contributed by atoms with Gasteiger partial charge in [0.1, 0.15) is 0 Å². The summed E-state index contributed by atoms with van der Waals surface area (Å²) >= 11 is 0. The third-order valence-electron chi connectivity index (χ3n) is 10.4. The van der Waals surface area contributed by atoms with Gasteiger partial charge in [0.25, 0.3) is 0 Å². The van der Waals surface area contributed by atoms with Gasteiger partial charge in [0.05, 0.1) is 11.4 Å². The number of fused-ring (bicyclic) bond motifs is 2. The molecule has 1 aliphatic heterocycles. The fourth-order valence-corrected chi connectivity index (χ4v) is 7.84. The highest BCUT2D eigenvalue weighted by Crippen LogP contribution is 2.56. The van der Waals surface area contributed by atoms with E-state index in [-0.39, 0.29) is 0 Å². The Morgan fingerprint density at radius 1 is 0.273 bits per heavy atom. The van der Waals surface area contributed by atoms with E-state index in [4.69, 9.17) is 4.74 Å². The van der Waals surface area contributed by atoms with Crippen LogP contribution in [0.15, 0.2) is 218 Å². The lowest BCUT2D eigenvalue weighted by Crippen LogP contribution is -2.14. The number of anilines is 6. The van der Waals surface area contributed by atoms with Crippen molar-refractivity contribution in [2.45, 2.75) is 0 Å². The van der Waals surface area contributed by atoms with Crippen LogP contribution in [-0.2, 0) is 0 Å². The van der Waals surface area contributed by atoms with Crippen molar-refractivity contribution in [1.29, 1.82) is 0 Å². The van der Waals surface area contributed by atoms with Gasteiger partial charge in [-0.2, -0.15) is 0 Å². The van der Waals surface area contributed by atoms with Crippen LogP contribution in [0.2, 0.25) is 0 Å². The second-order valence-corrected chi connectivity index (χ2v) is 13.7. The molecule has 0 aromatic heterocycles. The van der Waals surface area contributed by atoms with Gasteiger partial charge < -0.3 is 14.5 Å². The zero-order valence-electron chi connectivity index (χ0n) is 30.1. The molecule has 0 saturated heterocycles. The maximum absolute atomic E-state index is 7.36. The van der Waals surface area contributed by atoms with Crippen LogP contribution in [0, 0.1) is 0 Å². The summed E-state index contributed by atoms with van der Waals surface area (Å²) in [5.74, 6) is 1.65. The Balaban J connectivity index is 1.17. The molecule has 0 spiro atoms. The van der Waals surface area contributed by atoms with Crippen molar-refractivity contribution in [1.82, 2.24) is 0 Å². The van der Waals surface area contributed by atoms with Crippen LogP contribution in [0.25, 0.3) is 44.2 Å². The molecular formula is C52H36N2O. The highest BCUT2D eigenvalue weighted by Gasteiger charge is 2.30. The molecule has 0 N–H and O–H groups in total. The highest BCUT2D eigenvalue weighted by molar-refractivity contribution is 6.09. The van der Waals surface area contributed by atoms with Gasteiger partial charge in [0, 0.05) is 33.7 Å². The first-order valence-electron chi connectivity index (χ1n) is 18.7. The molecule has 3 heteroatoms. The molecule has 0 atom stereocenters. The second kappa shape index (κ2) is 13.9. The van der Waals surface area contributed by atoms with Crippen LogP contribution >= 0.6 is 0 Å². The number of benzene rings is 9. The van der Waals surface area contributed by atoms with Gasteiger partial charge in [-0.25, -0.2) is 0 Å². The summed E-state index contributed by atoms with van der Waals surface area (Å²) in [7, 11) is 0. The van der Waals surface area contributed by atoms with E-state index in [0.717, 1.165) is 67.5 Å². The topological polar surface area (TPSA) is 15.7 Å². The molecular weight excluding hydrogens is 669 g/mol. The minimum atomic E-state index is 0.821. The summed E-state index contributed by atoms with van der Waals surface area (Å²) in [4.78, 5) is 4.61.